The second-order valence-corrected chi connectivity index (χ2v) is 6.58. The number of nitrogens with one attached hydrogen (secondary N) is 1. The molecule has 0 saturated heterocycles. The van der Waals surface area contributed by atoms with Crippen molar-refractivity contribution in [1.29, 1.82) is 0 Å². The molecule has 1 aromatic heterocycles. The minimum atomic E-state index is -0.740. The molecule has 9 nitrogen and oxygen atoms in total. The number of carbonyl (C=O) groups excluding carboxylic acids is 1. The van der Waals surface area contributed by atoms with Gasteiger partial charge in [0, 0.05) is 23.8 Å². The molecule has 4 aromatic rings. The predicted octanol–water partition coefficient (Wildman–Crippen LogP) is 5.14. The summed E-state index contributed by atoms with van der Waals surface area (Å²) < 4.78 is 24.5. The van der Waals surface area contributed by atoms with E-state index in [4.69, 9.17) is 9.26 Å². The third kappa shape index (κ3) is 4.54. The average Bonchev–Trinajstić information content (AvgIpc) is 3.26. The maximum absolute atomic E-state index is 13.9. The van der Waals surface area contributed by atoms with Crippen molar-refractivity contribution >= 4 is 17.3 Å². The second-order valence-electron chi connectivity index (χ2n) is 6.58. The van der Waals surface area contributed by atoms with Crippen molar-refractivity contribution in [3.63, 3.8) is 0 Å². The van der Waals surface area contributed by atoms with E-state index in [1.807, 2.05) is 0 Å². The van der Waals surface area contributed by atoms with Crippen LogP contribution in [0.25, 0.3) is 11.3 Å². The van der Waals surface area contributed by atoms with Crippen LogP contribution in [0.1, 0.15) is 10.6 Å². The highest BCUT2D eigenvalue weighted by atomic mass is 19.1. The molecule has 0 spiro atoms. The number of hydrogen-bond donors (Lipinski definition) is 2. The lowest BCUT2D eigenvalue weighted by Gasteiger charge is -2.09. The monoisotopic (exact) mass is 435 g/mol. The van der Waals surface area contributed by atoms with Gasteiger partial charge in [0.05, 0.1) is 16.7 Å². The molecule has 0 bridgehead atoms. The minimum absolute atomic E-state index is 0.0335. The van der Waals surface area contributed by atoms with Crippen molar-refractivity contribution in [2.75, 3.05) is 5.32 Å². The van der Waals surface area contributed by atoms with Crippen LogP contribution >= 0.6 is 0 Å². The summed E-state index contributed by atoms with van der Waals surface area (Å²) in [5, 5.41) is 26.8. The topological polar surface area (TPSA) is 128 Å². The fraction of sp³-hybridized carbons (Fsp3) is 0. The van der Waals surface area contributed by atoms with Crippen LogP contribution in [0.3, 0.4) is 0 Å². The Labute approximate surface area is 179 Å². The molecular formula is C22H14FN3O6. The van der Waals surface area contributed by atoms with E-state index in [-0.39, 0.29) is 39.9 Å². The van der Waals surface area contributed by atoms with Gasteiger partial charge >= 0.3 is 0 Å². The molecule has 0 saturated carbocycles. The third-order valence-corrected chi connectivity index (χ3v) is 4.32. The van der Waals surface area contributed by atoms with Gasteiger partial charge in [0.15, 0.2) is 0 Å². The van der Waals surface area contributed by atoms with Crippen molar-refractivity contribution in [3.05, 3.63) is 94.5 Å². The third-order valence-electron chi connectivity index (χ3n) is 4.32. The van der Waals surface area contributed by atoms with Gasteiger partial charge in [-0.2, -0.15) is 0 Å². The van der Waals surface area contributed by atoms with Gasteiger partial charge < -0.3 is 19.7 Å². The Kier molecular flexibility index (Phi) is 5.49. The van der Waals surface area contributed by atoms with E-state index in [0.717, 1.165) is 6.07 Å². The molecule has 1 heterocycles. The number of aromatic nitrogens is 1. The van der Waals surface area contributed by atoms with Crippen LogP contribution in [0.4, 0.5) is 15.8 Å². The zero-order valence-corrected chi connectivity index (χ0v) is 16.2. The van der Waals surface area contributed by atoms with Gasteiger partial charge in [-0.15, -0.1) is 0 Å². The number of hydrogen-bond acceptors (Lipinski definition) is 7. The van der Waals surface area contributed by atoms with Crippen LogP contribution in [0.5, 0.6) is 17.2 Å². The van der Waals surface area contributed by atoms with Gasteiger partial charge in [-0.05, 0) is 36.4 Å². The Morgan fingerprint density at radius 2 is 1.81 bits per heavy atom. The molecular weight excluding hydrogens is 421 g/mol. The summed E-state index contributed by atoms with van der Waals surface area (Å²) in [5.74, 6) is -1.03. The highest BCUT2D eigenvalue weighted by Crippen LogP contribution is 2.31. The van der Waals surface area contributed by atoms with Crippen LogP contribution in [-0.4, -0.2) is 21.1 Å². The number of nitro benzene ring substituents is 1. The first-order valence-electron chi connectivity index (χ1n) is 9.18. The summed E-state index contributed by atoms with van der Waals surface area (Å²) in [6.45, 7) is 0. The highest BCUT2D eigenvalue weighted by Gasteiger charge is 2.18. The average molecular weight is 435 g/mol. The quantitative estimate of drug-likeness (QED) is 0.317. The Morgan fingerprint density at radius 3 is 2.53 bits per heavy atom. The number of amides is 1. The van der Waals surface area contributed by atoms with E-state index >= 15 is 0 Å². The number of anilines is 1. The Bertz CT molecular complexity index is 1300. The minimum Gasteiger partial charge on any atom is -0.508 e. The van der Waals surface area contributed by atoms with Gasteiger partial charge in [-0.25, -0.2) is 4.39 Å². The van der Waals surface area contributed by atoms with Gasteiger partial charge in [-0.1, -0.05) is 17.3 Å². The van der Waals surface area contributed by atoms with Crippen molar-refractivity contribution in [2.45, 2.75) is 0 Å². The van der Waals surface area contributed by atoms with Crippen molar-refractivity contribution in [3.8, 4) is 28.5 Å². The van der Waals surface area contributed by atoms with Crippen molar-refractivity contribution in [1.82, 2.24) is 5.16 Å². The molecule has 1 amide bonds. The zero-order chi connectivity index (χ0) is 22.7. The fourth-order valence-electron chi connectivity index (χ4n) is 2.84. The van der Waals surface area contributed by atoms with Crippen molar-refractivity contribution < 1.29 is 28.5 Å². The number of ether oxygens (including phenoxy) is 1. The number of benzene rings is 3. The van der Waals surface area contributed by atoms with E-state index in [1.165, 1.54) is 60.7 Å². The number of halogens is 1. The fourth-order valence-corrected chi connectivity index (χ4v) is 2.84. The number of carbonyl (C=O) groups is 1. The number of aromatic hydroxyl groups is 1. The number of nitrogens with zero attached hydrogens (tertiary/aromatic N) is 2. The number of phenols is 1. The largest absolute Gasteiger partial charge is 0.508 e. The van der Waals surface area contributed by atoms with Crippen LogP contribution in [0.15, 0.2) is 77.3 Å². The molecule has 0 aliphatic carbocycles. The number of nitro groups is 1. The molecule has 0 aliphatic rings. The number of phenolic OH excluding ortho intramolecular Hbond substituents is 1. The highest BCUT2D eigenvalue weighted by molar-refractivity contribution is 6.03. The van der Waals surface area contributed by atoms with E-state index in [9.17, 15) is 24.4 Å². The second kappa shape index (κ2) is 8.56. The zero-order valence-electron chi connectivity index (χ0n) is 16.2. The SMILES string of the molecule is O=C(Nc1cc(Oc2ccc(O)cc2)cc([N+](=O)[O-])c1)c1cc(-c2ccccc2F)no1. The van der Waals surface area contributed by atoms with Crippen LogP contribution in [-0.2, 0) is 0 Å². The summed E-state index contributed by atoms with van der Waals surface area (Å²) in [6, 6.07) is 16.6. The molecule has 10 heteroatoms. The molecule has 0 unspecified atom stereocenters. The van der Waals surface area contributed by atoms with Crippen LogP contribution in [0, 0.1) is 15.9 Å². The normalized spacial score (nSPS) is 10.5. The molecule has 0 aliphatic heterocycles. The molecule has 0 fully saturated rings. The molecule has 32 heavy (non-hydrogen) atoms. The molecule has 0 atom stereocenters. The molecule has 160 valence electrons. The lowest BCUT2D eigenvalue weighted by molar-refractivity contribution is -0.384. The van der Waals surface area contributed by atoms with Gasteiger partial charge in [0.1, 0.15) is 28.8 Å². The van der Waals surface area contributed by atoms with E-state index in [1.54, 1.807) is 6.07 Å². The lowest BCUT2D eigenvalue weighted by atomic mass is 10.1. The molecule has 2 N–H and O–H groups in total. The summed E-state index contributed by atoms with van der Waals surface area (Å²) in [5.41, 5.74) is 0.0434. The first-order chi connectivity index (χ1) is 15.4. The standard InChI is InChI=1S/C22H14FN3O6/c23-19-4-2-1-3-18(19)20-12-21(32-25-20)22(28)24-13-9-14(26(29)30)11-17(10-13)31-16-7-5-15(27)6-8-16/h1-12,27H,(H,24,28). The van der Waals surface area contributed by atoms with Gasteiger partial charge in [-0.3, -0.25) is 14.9 Å². The van der Waals surface area contributed by atoms with E-state index in [2.05, 4.69) is 10.5 Å². The first-order valence-corrected chi connectivity index (χ1v) is 9.18. The van der Waals surface area contributed by atoms with Crippen LogP contribution < -0.4 is 10.1 Å². The molecule has 0 radical (unpaired) electrons. The molecule has 3 aromatic carbocycles. The number of rotatable bonds is 6. The summed E-state index contributed by atoms with van der Waals surface area (Å²) in [7, 11) is 0. The summed E-state index contributed by atoms with van der Waals surface area (Å²) in [6.07, 6.45) is 0. The van der Waals surface area contributed by atoms with E-state index in [0.29, 0.717) is 5.75 Å². The Balaban J connectivity index is 1.57. The lowest BCUT2D eigenvalue weighted by Crippen LogP contribution is -2.11. The number of non-ortho nitro benzene ring substituents is 1. The summed E-state index contributed by atoms with van der Waals surface area (Å²) >= 11 is 0. The predicted molar refractivity (Wildman–Crippen MR) is 111 cm³/mol. The smallest absolute Gasteiger partial charge is 0.294 e. The molecule has 4 rings (SSSR count). The maximum Gasteiger partial charge on any atom is 0.294 e. The van der Waals surface area contributed by atoms with Crippen LogP contribution in [0.2, 0.25) is 0 Å². The Morgan fingerprint density at radius 1 is 1.06 bits per heavy atom. The van der Waals surface area contributed by atoms with Crippen molar-refractivity contribution in [2.24, 2.45) is 0 Å². The van der Waals surface area contributed by atoms with Gasteiger partial charge in [0.25, 0.3) is 11.6 Å². The van der Waals surface area contributed by atoms with E-state index < -0.39 is 16.6 Å². The maximum atomic E-state index is 13.9. The first kappa shape index (κ1) is 20.5. The van der Waals surface area contributed by atoms with Gasteiger partial charge in [0.2, 0.25) is 5.76 Å². The summed E-state index contributed by atoms with van der Waals surface area (Å²) in [4.78, 5) is 23.2. The Hall–Kier alpha value is -4.73.